The van der Waals surface area contributed by atoms with Gasteiger partial charge in [-0.2, -0.15) is 0 Å². The summed E-state index contributed by atoms with van der Waals surface area (Å²) in [6.45, 7) is 4.87. The standard InChI is InChI=1S/C18H31N5O7/c1-8(2)14(17(28)23-6-4-5-11(23)18(29)30)22-15(26)10(7-12(19)25)21-16(27)13(20)9(3)24/h8-11,13-14,24H,4-7,20H2,1-3H3,(H2,19,25)(H,21,27)(H,22,26)(H,29,30). The Hall–Kier alpha value is -2.73. The van der Waals surface area contributed by atoms with Gasteiger partial charge < -0.3 is 37.2 Å². The van der Waals surface area contributed by atoms with E-state index in [1.807, 2.05) is 0 Å². The van der Waals surface area contributed by atoms with Crippen molar-refractivity contribution in [3.8, 4) is 0 Å². The number of hydrogen-bond acceptors (Lipinski definition) is 7. The van der Waals surface area contributed by atoms with E-state index in [1.54, 1.807) is 13.8 Å². The Morgan fingerprint density at radius 3 is 2.17 bits per heavy atom. The molecule has 4 amide bonds. The van der Waals surface area contributed by atoms with Gasteiger partial charge in [0.15, 0.2) is 0 Å². The summed E-state index contributed by atoms with van der Waals surface area (Å²) in [7, 11) is 0. The van der Waals surface area contributed by atoms with Gasteiger partial charge in [-0.25, -0.2) is 4.79 Å². The van der Waals surface area contributed by atoms with Gasteiger partial charge in [0, 0.05) is 6.54 Å². The molecule has 1 saturated heterocycles. The number of carbonyl (C=O) groups is 5. The minimum Gasteiger partial charge on any atom is -0.480 e. The van der Waals surface area contributed by atoms with Gasteiger partial charge in [-0.15, -0.1) is 0 Å². The number of nitrogens with two attached hydrogens (primary N) is 2. The number of amides is 4. The van der Waals surface area contributed by atoms with Crippen LogP contribution in [0.5, 0.6) is 0 Å². The predicted octanol–water partition coefficient (Wildman–Crippen LogP) is -2.73. The van der Waals surface area contributed by atoms with Crippen LogP contribution in [0.3, 0.4) is 0 Å². The van der Waals surface area contributed by atoms with E-state index < -0.39 is 72.2 Å². The molecule has 1 aliphatic rings. The largest absolute Gasteiger partial charge is 0.480 e. The average Bonchev–Trinajstić information content (AvgIpc) is 3.13. The zero-order chi connectivity index (χ0) is 23.2. The summed E-state index contributed by atoms with van der Waals surface area (Å²) < 4.78 is 0. The number of primary amides is 1. The summed E-state index contributed by atoms with van der Waals surface area (Å²) in [4.78, 5) is 61.7. The molecule has 1 aliphatic heterocycles. The number of aliphatic hydroxyl groups excluding tert-OH is 1. The SMILES string of the molecule is CC(C)C(NC(=O)C(CC(N)=O)NC(=O)C(N)C(C)O)C(=O)N1CCCC1C(=O)O. The Labute approximate surface area is 174 Å². The fourth-order valence-electron chi connectivity index (χ4n) is 3.13. The van der Waals surface area contributed by atoms with E-state index in [0.717, 1.165) is 0 Å². The summed E-state index contributed by atoms with van der Waals surface area (Å²) in [5.74, 6) is -4.68. The molecule has 1 fully saturated rings. The number of aliphatic carboxylic acids is 1. The van der Waals surface area contributed by atoms with Crippen LogP contribution in [0, 0.1) is 5.92 Å². The van der Waals surface area contributed by atoms with E-state index >= 15 is 0 Å². The van der Waals surface area contributed by atoms with Gasteiger partial charge in [-0.3, -0.25) is 19.2 Å². The second-order valence-corrected chi connectivity index (χ2v) is 7.76. The van der Waals surface area contributed by atoms with E-state index in [9.17, 15) is 34.2 Å². The maximum atomic E-state index is 12.9. The van der Waals surface area contributed by atoms with Gasteiger partial charge in [0.25, 0.3) is 0 Å². The normalized spacial score (nSPS) is 20.2. The molecule has 8 N–H and O–H groups in total. The molecule has 1 heterocycles. The van der Waals surface area contributed by atoms with E-state index in [2.05, 4.69) is 10.6 Å². The summed E-state index contributed by atoms with van der Waals surface area (Å²) in [5, 5.41) is 23.5. The van der Waals surface area contributed by atoms with Crippen molar-refractivity contribution in [1.29, 1.82) is 0 Å². The number of rotatable bonds is 10. The first-order chi connectivity index (χ1) is 13.9. The van der Waals surface area contributed by atoms with Crippen molar-refractivity contribution >= 4 is 29.6 Å². The Morgan fingerprint density at radius 1 is 1.10 bits per heavy atom. The smallest absolute Gasteiger partial charge is 0.326 e. The van der Waals surface area contributed by atoms with E-state index in [4.69, 9.17) is 11.5 Å². The first kappa shape index (κ1) is 25.3. The molecule has 12 heteroatoms. The van der Waals surface area contributed by atoms with Crippen LogP contribution >= 0.6 is 0 Å². The van der Waals surface area contributed by atoms with Crippen LogP contribution in [0.1, 0.15) is 40.0 Å². The molecule has 1 rings (SSSR count). The molecule has 170 valence electrons. The molecule has 0 spiro atoms. The highest BCUT2D eigenvalue weighted by Crippen LogP contribution is 2.20. The maximum absolute atomic E-state index is 12.9. The number of carboxylic acids is 1. The summed E-state index contributed by atoms with van der Waals surface area (Å²) in [5.41, 5.74) is 10.7. The highest BCUT2D eigenvalue weighted by atomic mass is 16.4. The summed E-state index contributed by atoms with van der Waals surface area (Å²) in [6, 6.07) is -4.80. The van der Waals surface area contributed by atoms with E-state index in [0.29, 0.717) is 12.8 Å². The van der Waals surface area contributed by atoms with Gasteiger partial charge in [0.1, 0.15) is 24.2 Å². The van der Waals surface area contributed by atoms with Crippen molar-refractivity contribution in [3.05, 3.63) is 0 Å². The zero-order valence-corrected chi connectivity index (χ0v) is 17.3. The van der Waals surface area contributed by atoms with Crippen LogP contribution in [-0.2, 0) is 24.0 Å². The lowest BCUT2D eigenvalue weighted by atomic mass is 10.0. The van der Waals surface area contributed by atoms with Crippen LogP contribution in [0.2, 0.25) is 0 Å². The fraction of sp³-hybridized carbons (Fsp3) is 0.722. The van der Waals surface area contributed by atoms with Crippen molar-refractivity contribution in [3.63, 3.8) is 0 Å². The second-order valence-electron chi connectivity index (χ2n) is 7.76. The van der Waals surface area contributed by atoms with Crippen molar-refractivity contribution in [2.45, 2.75) is 70.3 Å². The van der Waals surface area contributed by atoms with Crippen LogP contribution in [0.4, 0.5) is 0 Å². The quantitative estimate of drug-likeness (QED) is 0.214. The Kier molecular flexibility index (Phi) is 9.18. The van der Waals surface area contributed by atoms with Gasteiger partial charge in [-0.05, 0) is 25.7 Å². The van der Waals surface area contributed by atoms with Crippen LogP contribution < -0.4 is 22.1 Å². The molecule has 0 radical (unpaired) electrons. The topological polar surface area (TPSA) is 205 Å². The lowest BCUT2D eigenvalue weighted by Gasteiger charge is -2.30. The molecule has 0 aromatic rings. The van der Waals surface area contributed by atoms with Crippen molar-refractivity contribution in [2.75, 3.05) is 6.54 Å². The van der Waals surface area contributed by atoms with Crippen LogP contribution in [-0.4, -0.2) is 81.5 Å². The Balaban J connectivity index is 2.98. The van der Waals surface area contributed by atoms with Gasteiger partial charge in [-0.1, -0.05) is 13.8 Å². The minimum atomic E-state index is -1.41. The van der Waals surface area contributed by atoms with Crippen LogP contribution in [0.25, 0.3) is 0 Å². The first-order valence-corrected chi connectivity index (χ1v) is 9.72. The number of carbonyl (C=O) groups excluding carboxylic acids is 4. The second kappa shape index (κ2) is 10.9. The van der Waals surface area contributed by atoms with Gasteiger partial charge >= 0.3 is 5.97 Å². The number of carboxylic acid groups (broad SMARTS) is 1. The molecule has 0 aliphatic carbocycles. The molecule has 30 heavy (non-hydrogen) atoms. The predicted molar refractivity (Wildman–Crippen MR) is 105 cm³/mol. The lowest BCUT2D eigenvalue weighted by molar-refractivity contribution is -0.150. The summed E-state index contributed by atoms with van der Waals surface area (Å²) in [6.07, 6.45) is -0.906. The Morgan fingerprint density at radius 2 is 1.70 bits per heavy atom. The minimum absolute atomic E-state index is 0.250. The molecular weight excluding hydrogens is 398 g/mol. The average molecular weight is 429 g/mol. The molecule has 5 atom stereocenters. The first-order valence-electron chi connectivity index (χ1n) is 9.72. The number of nitrogens with zero attached hydrogens (tertiary/aromatic N) is 1. The van der Waals surface area contributed by atoms with Gasteiger partial charge in [0.05, 0.1) is 12.5 Å². The highest BCUT2D eigenvalue weighted by molar-refractivity contribution is 5.96. The molecule has 0 bridgehead atoms. The molecule has 0 saturated carbocycles. The van der Waals surface area contributed by atoms with Gasteiger partial charge in [0.2, 0.25) is 23.6 Å². The molecule has 5 unspecified atom stereocenters. The van der Waals surface area contributed by atoms with Crippen molar-refractivity contribution in [2.24, 2.45) is 17.4 Å². The number of nitrogens with one attached hydrogen (secondary N) is 2. The maximum Gasteiger partial charge on any atom is 0.326 e. The fourth-order valence-corrected chi connectivity index (χ4v) is 3.13. The molecule has 0 aromatic heterocycles. The number of likely N-dealkylation sites (tertiary alicyclic amines) is 1. The lowest BCUT2D eigenvalue weighted by Crippen LogP contribution is -2.59. The Bertz CT molecular complexity index is 682. The molecule has 0 aromatic carbocycles. The van der Waals surface area contributed by atoms with E-state index in [1.165, 1.54) is 11.8 Å². The van der Waals surface area contributed by atoms with Crippen molar-refractivity contribution in [1.82, 2.24) is 15.5 Å². The van der Waals surface area contributed by atoms with Crippen molar-refractivity contribution < 1.29 is 34.2 Å². The monoisotopic (exact) mass is 429 g/mol. The third-order valence-corrected chi connectivity index (χ3v) is 4.91. The van der Waals surface area contributed by atoms with Crippen LogP contribution in [0.15, 0.2) is 0 Å². The number of hydrogen-bond donors (Lipinski definition) is 6. The third-order valence-electron chi connectivity index (χ3n) is 4.91. The molecular formula is C18H31N5O7. The van der Waals surface area contributed by atoms with E-state index in [-0.39, 0.29) is 6.54 Å². The molecule has 12 nitrogen and oxygen atoms in total. The number of aliphatic hydroxyl groups is 1. The highest BCUT2D eigenvalue weighted by Gasteiger charge is 2.39. The summed E-state index contributed by atoms with van der Waals surface area (Å²) >= 11 is 0. The zero-order valence-electron chi connectivity index (χ0n) is 17.3. The third kappa shape index (κ3) is 6.66.